The van der Waals surface area contributed by atoms with Gasteiger partial charge in [0.1, 0.15) is 0 Å². The molecule has 0 aromatic heterocycles. The number of aliphatic imine (C=N–C) groups is 1. The van der Waals surface area contributed by atoms with Crippen LogP contribution in [-0.2, 0) is 0 Å². The smallest absolute Gasteiger partial charge is 0.193 e. The first-order chi connectivity index (χ1) is 4.33. The minimum Gasteiger partial charge on any atom is -0.370 e. The number of guanidine groups is 1. The molecule has 1 heterocycles. The lowest BCUT2D eigenvalue weighted by atomic mass is 10.4. The molecule has 0 saturated carbocycles. The van der Waals surface area contributed by atoms with E-state index in [-0.39, 0.29) is 0 Å². The van der Waals surface area contributed by atoms with Gasteiger partial charge in [-0.15, -0.1) is 0 Å². The molecule has 0 aromatic rings. The Balaban J connectivity index is 2.46. The number of nitrogens with one attached hydrogen (secondary N) is 1. The molecule has 0 bridgehead atoms. The van der Waals surface area contributed by atoms with Crippen molar-refractivity contribution in [2.45, 2.75) is 0 Å². The Bertz CT molecular complexity index is 158. The van der Waals surface area contributed by atoms with Crippen LogP contribution >= 0.6 is 0 Å². The van der Waals surface area contributed by atoms with Gasteiger partial charge in [-0.05, 0) is 6.08 Å². The largest absolute Gasteiger partial charge is 0.370 e. The van der Waals surface area contributed by atoms with Crippen molar-refractivity contribution in [3.63, 3.8) is 0 Å². The Morgan fingerprint density at radius 1 is 1.78 bits per heavy atom. The van der Waals surface area contributed by atoms with Crippen molar-refractivity contribution < 1.29 is 0 Å². The van der Waals surface area contributed by atoms with Crippen LogP contribution in [0.4, 0.5) is 0 Å². The average Bonchev–Trinajstić information content (AvgIpc) is 2.17. The van der Waals surface area contributed by atoms with Crippen molar-refractivity contribution in [1.82, 2.24) is 5.32 Å². The Labute approximate surface area is 53.6 Å². The van der Waals surface area contributed by atoms with Crippen molar-refractivity contribution >= 4 is 5.96 Å². The average molecular weight is 126 g/mol. The Morgan fingerprint density at radius 3 is 3.00 bits per heavy atom. The minimum atomic E-state index is 0.481. The molecule has 0 aliphatic carbocycles. The number of nitrogens with two attached hydrogens (primary N) is 2. The van der Waals surface area contributed by atoms with Gasteiger partial charge in [0, 0.05) is 12.2 Å². The van der Waals surface area contributed by atoms with Crippen LogP contribution in [0.5, 0.6) is 0 Å². The molecule has 0 saturated heterocycles. The highest BCUT2D eigenvalue weighted by Gasteiger charge is 2.03. The molecule has 4 heteroatoms. The van der Waals surface area contributed by atoms with Gasteiger partial charge in [-0.25, -0.2) is 4.99 Å². The Kier molecular flexibility index (Phi) is 1.69. The van der Waals surface area contributed by atoms with Gasteiger partial charge >= 0.3 is 0 Å². The Morgan fingerprint density at radius 2 is 2.56 bits per heavy atom. The van der Waals surface area contributed by atoms with E-state index in [1.54, 1.807) is 0 Å². The minimum absolute atomic E-state index is 0.481. The van der Waals surface area contributed by atoms with Gasteiger partial charge in [-0.2, -0.15) is 0 Å². The maximum absolute atomic E-state index is 5.31. The summed E-state index contributed by atoms with van der Waals surface area (Å²) in [6.07, 6.45) is 1.86. The highest BCUT2D eigenvalue weighted by molar-refractivity contribution is 5.82. The molecule has 4 nitrogen and oxygen atoms in total. The molecule has 5 N–H and O–H groups in total. The van der Waals surface area contributed by atoms with Gasteiger partial charge in [0.05, 0.1) is 6.54 Å². The van der Waals surface area contributed by atoms with E-state index in [1.165, 1.54) is 0 Å². The third-order valence-corrected chi connectivity index (χ3v) is 1.07. The number of hydrogen-bond donors (Lipinski definition) is 3. The second-order valence-corrected chi connectivity index (χ2v) is 1.79. The zero-order chi connectivity index (χ0) is 6.69. The molecule has 0 fully saturated rings. The fraction of sp³-hybridized carbons (Fsp3) is 0.400. The van der Waals surface area contributed by atoms with Crippen molar-refractivity contribution in [2.24, 2.45) is 16.5 Å². The molecule has 0 atom stereocenters. The van der Waals surface area contributed by atoms with E-state index < -0.39 is 0 Å². The molecule has 0 spiro atoms. The molecule has 0 radical (unpaired) electrons. The van der Waals surface area contributed by atoms with E-state index in [1.807, 2.05) is 6.08 Å². The predicted octanol–water partition coefficient (Wildman–Crippen LogP) is -1.25. The summed E-state index contributed by atoms with van der Waals surface area (Å²) in [5.74, 6) is 0.481. The van der Waals surface area contributed by atoms with Crippen LogP contribution in [0.25, 0.3) is 0 Å². The summed E-state index contributed by atoms with van der Waals surface area (Å²) in [5.41, 5.74) is 11.6. The van der Waals surface area contributed by atoms with Crippen LogP contribution in [0.2, 0.25) is 0 Å². The quantitative estimate of drug-likeness (QED) is 0.410. The van der Waals surface area contributed by atoms with Gasteiger partial charge in [-0.1, -0.05) is 0 Å². The fourth-order valence-electron chi connectivity index (χ4n) is 0.672. The van der Waals surface area contributed by atoms with Crippen LogP contribution in [0, 0.1) is 0 Å². The van der Waals surface area contributed by atoms with E-state index in [0.29, 0.717) is 19.0 Å². The lowest BCUT2D eigenvalue weighted by Gasteiger charge is -1.94. The molecule has 0 unspecified atom stereocenters. The third kappa shape index (κ3) is 1.43. The maximum atomic E-state index is 5.31. The third-order valence-electron chi connectivity index (χ3n) is 1.07. The second kappa shape index (κ2) is 2.50. The molecular weight excluding hydrogens is 116 g/mol. The first-order valence-electron chi connectivity index (χ1n) is 2.79. The maximum Gasteiger partial charge on any atom is 0.193 e. The monoisotopic (exact) mass is 126 g/mol. The number of rotatable bonds is 1. The number of nitrogens with zero attached hydrogens (tertiary/aromatic N) is 1. The summed E-state index contributed by atoms with van der Waals surface area (Å²) in [7, 11) is 0. The lowest BCUT2D eigenvalue weighted by Crippen LogP contribution is -2.25. The molecule has 0 amide bonds. The highest BCUT2D eigenvalue weighted by atomic mass is 15.2. The number of hydrogen-bond acceptors (Lipinski definition) is 4. The van der Waals surface area contributed by atoms with Crippen LogP contribution < -0.4 is 16.8 Å². The highest BCUT2D eigenvalue weighted by Crippen LogP contribution is 1.94. The van der Waals surface area contributed by atoms with E-state index in [2.05, 4.69) is 10.3 Å². The van der Waals surface area contributed by atoms with Crippen molar-refractivity contribution in [3.8, 4) is 0 Å². The standard InChI is InChI=1S/C5H10N4/c6-2-1-4-3-8-5(7)9-4/h1H,2-3,6H2,(H3,7,8,9)/b4-1-. The van der Waals surface area contributed by atoms with Crippen molar-refractivity contribution in [3.05, 3.63) is 11.8 Å². The molecule has 1 aliphatic rings. The zero-order valence-electron chi connectivity index (χ0n) is 5.09. The van der Waals surface area contributed by atoms with Gasteiger partial charge in [0.2, 0.25) is 0 Å². The molecule has 1 aliphatic heterocycles. The summed E-state index contributed by atoms with van der Waals surface area (Å²) in [5, 5.41) is 2.86. The topological polar surface area (TPSA) is 76.4 Å². The lowest BCUT2D eigenvalue weighted by molar-refractivity contribution is 1.07. The first-order valence-corrected chi connectivity index (χ1v) is 2.79. The first kappa shape index (κ1) is 6.10. The molecule has 9 heavy (non-hydrogen) atoms. The molecule has 50 valence electrons. The summed E-state index contributed by atoms with van der Waals surface area (Å²) in [6.45, 7) is 1.17. The van der Waals surface area contributed by atoms with Crippen molar-refractivity contribution in [2.75, 3.05) is 13.1 Å². The van der Waals surface area contributed by atoms with Crippen LogP contribution in [0.1, 0.15) is 0 Å². The summed E-state index contributed by atoms with van der Waals surface area (Å²) >= 11 is 0. The van der Waals surface area contributed by atoms with Gasteiger partial charge in [0.15, 0.2) is 5.96 Å². The van der Waals surface area contributed by atoms with E-state index in [0.717, 1.165) is 5.70 Å². The molecular formula is C5H10N4. The van der Waals surface area contributed by atoms with E-state index >= 15 is 0 Å². The summed E-state index contributed by atoms with van der Waals surface area (Å²) in [6, 6.07) is 0. The van der Waals surface area contributed by atoms with E-state index in [4.69, 9.17) is 11.5 Å². The summed E-state index contributed by atoms with van der Waals surface area (Å²) < 4.78 is 0. The van der Waals surface area contributed by atoms with Crippen LogP contribution in [-0.4, -0.2) is 19.0 Å². The van der Waals surface area contributed by atoms with E-state index in [9.17, 15) is 0 Å². The van der Waals surface area contributed by atoms with Gasteiger partial charge in [-0.3, -0.25) is 0 Å². The van der Waals surface area contributed by atoms with Crippen molar-refractivity contribution in [1.29, 1.82) is 0 Å². The SMILES string of the molecule is NC/C=C1/CN=C(N)N1. The van der Waals surface area contributed by atoms with Crippen LogP contribution in [0.15, 0.2) is 16.8 Å². The molecule has 1 rings (SSSR count). The van der Waals surface area contributed by atoms with Crippen LogP contribution in [0.3, 0.4) is 0 Å². The van der Waals surface area contributed by atoms with Gasteiger partial charge < -0.3 is 16.8 Å². The zero-order valence-corrected chi connectivity index (χ0v) is 5.09. The fourth-order valence-corrected chi connectivity index (χ4v) is 0.672. The van der Waals surface area contributed by atoms with Gasteiger partial charge in [0.25, 0.3) is 0 Å². The Hall–Kier alpha value is -1.03. The summed E-state index contributed by atoms with van der Waals surface area (Å²) in [4.78, 5) is 3.90. The molecule has 0 aromatic carbocycles. The normalized spacial score (nSPS) is 21.9. The second-order valence-electron chi connectivity index (χ2n) is 1.79. The predicted molar refractivity (Wildman–Crippen MR) is 36.8 cm³/mol.